The lowest BCUT2D eigenvalue weighted by atomic mass is 9.84. The Morgan fingerprint density at radius 1 is 0.583 bits per heavy atom. The Labute approximate surface area is 290 Å². The number of ketones is 2. The third-order valence-corrected chi connectivity index (χ3v) is 11.2. The molecule has 1 unspecified atom stereocenters. The molecule has 3 fully saturated rings. The standard InChI is InChI=1S/C12H16NO.C10H18NO2.C8H14NO2.C8H16NO/c1-11(2)9-7-5-6-8-10(9)12(3,4)13(11)14;1-7(12)8-6-9(2,3)11(13)10(8,4)5;1-7(2)5-6(10)8(3,4)9(7)11;1-7(2)5-6-8(3,4)9(7)10/h5-8H,1-4H3;8H,6H2,1-5H3;5H2,1-4H3;5-6H2,1-4H3/q4*-1. The number of benzene rings is 1. The highest BCUT2D eigenvalue weighted by molar-refractivity contribution is 5.91. The summed E-state index contributed by atoms with van der Waals surface area (Å²) < 4.78 is 0. The number of rotatable bonds is 1. The third kappa shape index (κ3) is 7.91. The molecule has 276 valence electrons. The summed E-state index contributed by atoms with van der Waals surface area (Å²) in [4.78, 5) is 22.6. The molecule has 10 heteroatoms. The first kappa shape index (κ1) is 42.4. The summed E-state index contributed by atoms with van der Waals surface area (Å²) in [7, 11) is 0. The van der Waals surface area contributed by atoms with Crippen molar-refractivity contribution in [3.05, 3.63) is 56.2 Å². The second-order valence-electron chi connectivity index (χ2n) is 18.8. The van der Waals surface area contributed by atoms with Crippen molar-refractivity contribution in [1.29, 1.82) is 0 Å². The van der Waals surface area contributed by atoms with Gasteiger partial charge < -0.3 is 41.1 Å². The van der Waals surface area contributed by atoms with Crippen LogP contribution in [0.2, 0.25) is 0 Å². The van der Waals surface area contributed by atoms with Gasteiger partial charge in [-0.1, -0.05) is 24.3 Å². The Kier molecular flexibility index (Phi) is 11.9. The average molecular weight is 673 g/mol. The molecule has 1 atom stereocenters. The third-order valence-electron chi connectivity index (χ3n) is 11.2. The maximum absolute atomic E-state index is 12.1. The van der Waals surface area contributed by atoms with Crippen molar-refractivity contribution in [3.63, 3.8) is 0 Å². The average Bonchev–Trinajstić information content (AvgIpc) is 3.38. The van der Waals surface area contributed by atoms with Crippen LogP contribution in [0, 0.1) is 26.7 Å². The number of hydrogen-bond donors (Lipinski definition) is 0. The molecule has 4 aliphatic heterocycles. The maximum Gasteiger partial charge on any atom is 0.153 e. The smallest absolute Gasteiger partial charge is 0.153 e. The Morgan fingerprint density at radius 3 is 1.17 bits per heavy atom. The molecule has 5 rings (SSSR count). The molecule has 0 radical (unpaired) electrons. The highest BCUT2D eigenvalue weighted by Crippen LogP contribution is 2.48. The molecule has 0 N–H and O–H groups in total. The van der Waals surface area contributed by atoms with Gasteiger partial charge in [-0.2, -0.15) is 0 Å². The first-order chi connectivity index (χ1) is 21.2. The van der Waals surface area contributed by atoms with Crippen LogP contribution >= 0.6 is 0 Å². The van der Waals surface area contributed by atoms with Crippen LogP contribution in [0.15, 0.2) is 24.3 Å². The lowest BCUT2D eigenvalue weighted by molar-refractivity contribution is -0.123. The largest absolute Gasteiger partial charge is 0.784 e. The molecule has 0 saturated carbocycles. The van der Waals surface area contributed by atoms with E-state index < -0.39 is 33.2 Å². The molecule has 0 bridgehead atoms. The van der Waals surface area contributed by atoms with E-state index in [0.717, 1.165) is 34.1 Å². The van der Waals surface area contributed by atoms with E-state index in [0.29, 0.717) is 12.8 Å². The van der Waals surface area contributed by atoms with Gasteiger partial charge in [0.1, 0.15) is 5.78 Å². The number of hydrogen-bond acceptors (Lipinski definition) is 10. The van der Waals surface area contributed by atoms with E-state index >= 15 is 0 Å². The van der Waals surface area contributed by atoms with Crippen LogP contribution in [0.4, 0.5) is 0 Å². The summed E-state index contributed by atoms with van der Waals surface area (Å²) in [6.07, 6.45) is 3.06. The first-order valence-electron chi connectivity index (χ1n) is 17.3. The lowest BCUT2D eigenvalue weighted by Gasteiger charge is -2.47. The second-order valence-corrected chi connectivity index (χ2v) is 18.8. The predicted octanol–water partition coefficient (Wildman–Crippen LogP) is 8.38. The molecule has 4 aliphatic rings. The molecule has 48 heavy (non-hydrogen) atoms. The van der Waals surface area contributed by atoms with Crippen molar-refractivity contribution in [2.45, 2.75) is 188 Å². The molecule has 0 spiro atoms. The summed E-state index contributed by atoms with van der Waals surface area (Å²) >= 11 is 0. The molecule has 1 aromatic carbocycles. The fraction of sp³-hybridized carbons (Fsp3) is 0.789. The summed E-state index contributed by atoms with van der Waals surface area (Å²) in [5.41, 5.74) is -1.05. The Hall–Kier alpha value is -1.76. The zero-order chi connectivity index (χ0) is 37.9. The van der Waals surface area contributed by atoms with Crippen LogP contribution < -0.4 is 0 Å². The number of hydroxylamine groups is 8. The van der Waals surface area contributed by atoms with E-state index in [1.807, 2.05) is 95.2 Å². The highest BCUT2D eigenvalue weighted by atomic mass is 16.5. The van der Waals surface area contributed by atoms with Crippen molar-refractivity contribution >= 4 is 11.6 Å². The Balaban J connectivity index is 0.000000224. The van der Waals surface area contributed by atoms with Crippen LogP contribution in [0.5, 0.6) is 0 Å². The van der Waals surface area contributed by atoms with Crippen LogP contribution in [-0.2, 0) is 20.7 Å². The van der Waals surface area contributed by atoms with E-state index in [2.05, 4.69) is 12.1 Å². The minimum atomic E-state index is -0.816. The Morgan fingerprint density at radius 2 is 0.979 bits per heavy atom. The van der Waals surface area contributed by atoms with Crippen molar-refractivity contribution in [3.8, 4) is 0 Å². The molecular weight excluding hydrogens is 608 g/mol. The van der Waals surface area contributed by atoms with Crippen LogP contribution in [0.25, 0.3) is 0 Å². The molecule has 0 amide bonds. The van der Waals surface area contributed by atoms with Crippen LogP contribution in [-0.4, -0.2) is 65.1 Å². The van der Waals surface area contributed by atoms with Gasteiger partial charge in [0.15, 0.2) is 5.78 Å². The van der Waals surface area contributed by atoms with Crippen molar-refractivity contribution < 1.29 is 9.59 Å². The normalized spacial score (nSPS) is 28.7. The quantitative estimate of drug-likeness (QED) is 0.286. The van der Waals surface area contributed by atoms with Crippen LogP contribution in [0.3, 0.4) is 0 Å². The van der Waals surface area contributed by atoms with E-state index in [1.54, 1.807) is 34.6 Å². The van der Waals surface area contributed by atoms with Gasteiger partial charge in [-0.3, -0.25) is 9.59 Å². The van der Waals surface area contributed by atoms with E-state index in [9.17, 15) is 30.4 Å². The molecule has 3 saturated heterocycles. The molecular formula is C38H64N4O6-4. The van der Waals surface area contributed by atoms with Crippen molar-refractivity contribution in [2.24, 2.45) is 5.92 Å². The zero-order valence-electron chi connectivity index (χ0n) is 33.0. The molecule has 4 heterocycles. The molecule has 0 aromatic heterocycles. The topological polar surface area (TPSA) is 139 Å². The maximum atomic E-state index is 12.1. The summed E-state index contributed by atoms with van der Waals surface area (Å²) in [6, 6.07) is 8.09. The van der Waals surface area contributed by atoms with E-state index in [4.69, 9.17) is 0 Å². The molecule has 1 aromatic rings. The van der Waals surface area contributed by atoms with E-state index in [1.165, 1.54) is 10.1 Å². The van der Waals surface area contributed by atoms with Gasteiger partial charge in [-0.25, -0.2) is 0 Å². The summed E-state index contributed by atoms with van der Waals surface area (Å²) in [5.74, 6) is 0.0360. The van der Waals surface area contributed by atoms with Gasteiger partial charge in [0, 0.05) is 51.1 Å². The predicted molar refractivity (Wildman–Crippen MR) is 195 cm³/mol. The van der Waals surface area contributed by atoms with Gasteiger partial charge in [-0.15, -0.1) is 0 Å². The van der Waals surface area contributed by atoms with Gasteiger partial charge >= 0.3 is 0 Å². The fourth-order valence-electron chi connectivity index (χ4n) is 8.05. The fourth-order valence-corrected chi connectivity index (χ4v) is 8.05. The van der Waals surface area contributed by atoms with Gasteiger partial charge in [-0.05, 0) is 148 Å². The number of Topliss-reactive ketones (excluding diaryl/α,β-unsaturated/α-hetero) is 2. The minimum absolute atomic E-state index is 0.0394. The number of nitrogens with zero attached hydrogens (tertiary/aromatic N) is 4. The number of fused-ring (bicyclic) bond motifs is 1. The Bertz CT molecular complexity index is 1280. The summed E-state index contributed by atoms with van der Waals surface area (Å²) in [5, 5.41) is 51.3. The van der Waals surface area contributed by atoms with Gasteiger partial charge in [0.25, 0.3) is 0 Å². The zero-order valence-corrected chi connectivity index (χ0v) is 33.0. The van der Waals surface area contributed by atoms with Crippen molar-refractivity contribution in [1.82, 2.24) is 20.3 Å². The monoisotopic (exact) mass is 672 g/mol. The van der Waals surface area contributed by atoms with E-state index in [-0.39, 0.29) is 28.6 Å². The second kappa shape index (κ2) is 13.4. The number of carbonyl (C=O) groups excluding carboxylic acids is 2. The highest BCUT2D eigenvalue weighted by Gasteiger charge is 2.48. The SMILES string of the molecule is CC(=O)C1CC(C)(C)N([O-])C1(C)C.CC1(C)CC(=O)C(C)(C)N1[O-].CC1(C)CCC(C)(C)N1[O-].CC1(C)c2ccccc2C(C)(C)N1[O-]. The molecule has 0 aliphatic carbocycles. The van der Waals surface area contributed by atoms with Crippen LogP contribution in [0.1, 0.15) is 155 Å². The van der Waals surface area contributed by atoms with Gasteiger partial charge in [0.2, 0.25) is 0 Å². The summed E-state index contributed by atoms with van der Waals surface area (Å²) in [6.45, 7) is 32.0. The first-order valence-corrected chi connectivity index (χ1v) is 17.3. The lowest BCUT2D eigenvalue weighted by Crippen LogP contribution is -2.46. The van der Waals surface area contributed by atoms with Gasteiger partial charge in [0.05, 0.1) is 5.54 Å². The van der Waals surface area contributed by atoms with Crippen molar-refractivity contribution in [2.75, 3.05) is 0 Å². The molecule has 10 nitrogen and oxygen atoms in total. The minimum Gasteiger partial charge on any atom is -0.784 e. The number of carbonyl (C=O) groups is 2.